The van der Waals surface area contributed by atoms with Gasteiger partial charge in [0.15, 0.2) is 11.2 Å². The third-order valence-corrected chi connectivity index (χ3v) is 10.2. The molecule has 9 rings (SSSR count). The van der Waals surface area contributed by atoms with Crippen LogP contribution in [0.3, 0.4) is 0 Å². The lowest BCUT2D eigenvalue weighted by Gasteiger charge is -2.12. The van der Waals surface area contributed by atoms with Crippen LogP contribution in [-0.2, 0) is 0 Å². The highest BCUT2D eigenvalue weighted by Crippen LogP contribution is 2.37. The normalized spacial score (nSPS) is 11.4. The van der Waals surface area contributed by atoms with Crippen LogP contribution in [0, 0.1) is 27.7 Å². The molecule has 56 heavy (non-hydrogen) atoms. The van der Waals surface area contributed by atoms with Gasteiger partial charge in [-0.3, -0.25) is 19.9 Å². The Morgan fingerprint density at radius 2 is 0.893 bits per heavy atom. The third kappa shape index (κ3) is 6.32. The van der Waals surface area contributed by atoms with Crippen LogP contribution in [-0.4, -0.2) is 39.1 Å². The quantitative estimate of drug-likeness (QED) is 0.151. The summed E-state index contributed by atoms with van der Waals surface area (Å²) in [6.45, 7) is 8.30. The van der Waals surface area contributed by atoms with Crippen LogP contribution < -0.4 is 9.47 Å². The molecule has 9 aromatic rings. The number of pyridine rings is 5. The predicted molar refractivity (Wildman–Crippen MR) is 220 cm³/mol. The number of aryl methyl sites for hydroxylation is 4. The zero-order valence-corrected chi connectivity index (χ0v) is 31.8. The minimum Gasteiger partial charge on any atom is -0.497 e. The fourth-order valence-corrected chi connectivity index (χ4v) is 7.47. The molecule has 0 aliphatic carbocycles. The molecule has 2 aromatic carbocycles. The van der Waals surface area contributed by atoms with Crippen molar-refractivity contribution in [1.82, 2.24) is 24.9 Å². The van der Waals surface area contributed by atoms with Gasteiger partial charge in [0.25, 0.3) is 0 Å². The second-order valence-electron chi connectivity index (χ2n) is 14.0. The Balaban J connectivity index is 0.945. The Morgan fingerprint density at radius 1 is 0.429 bits per heavy atom. The van der Waals surface area contributed by atoms with Gasteiger partial charge in [-0.15, -0.1) is 0 Å². The van der Waals surface area contributed by atoms with E-state index < -0.39 is 0 Å². The van der Waals surface area contributed by atoms with Crippen LogP contribution in [0.25, 0.3) is 89.9 Å². The van der Waals surface area contributed by atoms with Crippen LogP contribution in [0.5, 0.6) is 11.5 Å². The molecule has 0 saturated heterocycles. The van der Waals surface area contributed by atoms with Gasteiger partial charge in [-0.05, 0) is 134 Å². The van der Waals surface area contributed by atoms with E-state index in [4.69, 9.17) is 43.2 Å². The first-order valence-electron chi connectivity index (χ1n) is 18.3. The van der Waals surface area contributed by atoms with Gasteiger partial charge >= 0.3 is 0 Å². The number of methoxy groups -OCH3 is 2. The molecule has 0 aliphatic heterocycles. The zero-order valence-electron chi connectivity index (χ0n) is 31.8. The molecular weight excluding hydrogens is 699 g/mol. The van der Waals surface area contributed by atoms with Crippen LogP contribution >= 0.6 is 0 Å². The van der Waals surface area contributed by atoms with Gasteiger partial charge in [0, 0.05) is 39.9 Å². The Hall–Kier alpha value is -7.13. The molecule has 0 radical (unpaired) electrons. The summed E-state index contributed by atoms with van der Waals surface area (Å²) in [4.78, 5) is 23.8. The number of fused-ring (bicyclic) bond motifs is 2. The molecule has 274 valence electrons. The fraction of sp³-hybridized carbons (Fsp3) is 0.128. The van der Waals surface area contributed by atoms with Crippen LogP contribution in [0.15, 0.2) is 125 Å². The van der Waals surface area contributed by atoms with Crippen molar-refractivity contribution in [2.75, 3.05) is 14.2 Å². The molecule has 0 bridgehead atoms. The molecule has 7 aromatic heterocycles. The molecular formula is C47H37N5O4. The number of rotatable bonds is 8. The van der Waals surface area contributed by atoms with E-state index in [0.29, 0.717) is 16.9 Å². The third-order valence-electron chi connectivity index (χ3n) is 10.2. The summed E-state index contributed by atoms with van der Waals surface area (Å²) in [6, 6.07) is 30.1. The molecule has 0 unspecified atom stereocenters. The van der Waals surface area contributed by atoms with Crippen LogP contribution in [0.2, 0.25) is 0 Å². The Labute approximate surface area is 323 Å². The molecule has 0 fully saturated rings. The Morgan fingerprint density at radius 3 is 1.39 bits per heavy atom. The number of nitrogens with zero attached hydrogens (tertiary/aromatic N) is 5. The zero-order chi connectivity index (χ0) is 38.5. The summed E-state index contributed by atoms with van der Waals surface area (Å²) in [5, 5.41) is 1.86. The maximum Gasteiger partial charge on any atom is 0.153 e. The van der Waals surface area contributed by atoms with Gasteiger partial charge in [-0.1, -0.05) is 12.1 Å². The topological polar surface area (TPSA) is 109 Å². The first kappa shape index (κ1) is 34.6. The summed E-state index contributed by atoms with van der Waals surface area (Å²) < 4.78 is 23.3. The monoisotopic (exact) mass is 735 g/mol. The average Bonchev–Trinajstić information content (AvgIpc) is 3.84. The van der Waals surface area contributed by atoms with E-state index in [1.807, 2.05) is 91.3 Å². The average molecular weight is 736 g/mol. The van der Waals surface area contributed by atoms with Gasteiger partial charge in [-0.25, -0.2) is 4.98 Å². The Kier molecular flexibility index (Phi) is 8.62. The first-order valence-corrected chi connectivity index (χ1v) is 18.3. The van der Waals surface area contributed by atoms with Crippen molar-refractivity contribution in [2.45, 2.75) is 27.7 Å². The summed E-state index contributed by atoms with van der Waals surface area (Å²) >= 11 is 0. The highest BCUT2D eigenvalue weighted by Gasteiger charge is 2.16. The highest BCUT2D eigenvalue weighted by atomic mass is 16.5. The number of benzene rings is 2. The number of hydrogen-bond acceptors (Lipinski definition) is 9. The summed E-state index contributed by atoms with van der Waals surface area (Å²) in [6.07, 6.45) is 7.21. The van der Waals surface area contributed by atoms with E-state index in [1.54, 1.807) is 26.6 Å². The van der Waals surface area contributed by atoms with Crippen molar-refractivity contribution in [2.24, 2.45) is 0 Å². The molecule has 0 N–H and O–H groups in total. The largest absolute Gasteiger partial charge is 0.497 e. The van der Waals surface area contributed by atoms with Gasteiger partial charge in [-0.2, -0.15) is 0 Å². The van der Waals surface area contributed by atoms with Gasteiger partial charge < -0.3 is 18.3 Å². The summed E-state index contributed by atoms with van der Waals surface area (Å²) in [5.74, 6) is 3.17. The minimum atomic E-state index is 0.676. The molecule has 9 nitrogen and oxygen atoms in total. The van der Waals surface area contributed by atoms with Crippen molar-refractivity contribution in [3.05, 3.63) is 138 Å². The highest BCUT2D eigenvalue weighted by molar-refractivity contribution is 5.87. The number of aromatic nitrogens is 5. The number of ether oxygens (including phenoxy) is 2. The molecule has 9 heteroatoms. The van der Waals surface area contributed by atoms with E-state index in [0.717, 1.165) is 107 Å². The van der Waals surface area contributed by atoms with Crippen molar-refractivity contribution in [3.8, 4) is 79.4 Å². The number of furan rings is 2. The molecule has 7 heterocycles. The van der Waals surface area contributed by atoms with Crippen LogP contribution in [0.4, 0.5) is 0 Å². The predicted octanol–water partition coefficient (Wildman–Crippen LogP) is 11.4. The summed E-state index contributed by atoms with van der Waals surface area (Å²) in [5.41, 5.74) is 14.5. The second kappa shape index (κ2) is 13.9. The van der Waals surface area contributed by atoms with E-state index in [2.05, 4.69) is 39.8 Å². The van der Waals surface area contributed by atoms with Gasteiger partial charge in [0.05, 0.1) is 60.8 Å². The van der Waals surface area contributed by atoms with Gasteiger partial charge in [0.1, 0.15) is 23.0 Å². The van der Waals surface area contributed by atoms with Crippen molar-refractivity contribution in [1.29, 1.82) is 0 Å². The van der Waals surface area contributed by atoms with E-state index >= 15 is 0 Å². The smallest absolute Gasteiger partial charge is 0.153 e. The molecule has 0 amide bonds. The van der Waals surface area contributed by atoms with Crippen LogP contribution in [0.1, 0.15) is 22.3 Å². The molecule has 0 atom stereocenters. The molecule has 0 spiro atoms. The standard InChI is InChI=1S/C47H37N5O4/c1-26-14-34(53-5)15-27(2)46(26)31-11-13-37(49-23-31)36-12-10-30(22-48-36)42-20-32-18-40(50-24-44(32)55-42)38-8-7-9-39(52-38)41-19-33-21-43(56-45(33)25-51-41)47-28(3)16-35(54-6)17-29(47)4/h7-25H,1-6H3. The van der Waals surface area contributed by atoms with Crippen molar-refractivity contribution < 1.29 is 18.3 Å². The minimum absolute atomic E-state index is 0.676. The maximum atomic E-state index is 6.25. The lowest BCUT2D eigenvalue weighted by molar-refractivity contribution is 0.414. The van der Waals surface area contributed by atoms with Gasteiger partial charge in [0.2, 0.25) is 0 Å². The molecule has 0 saturated carbocycles. The van der Waals surface area contributed by atoms with E-state index in [9.17, 15) is 0 Å². The maximum absolute atomic E-state index is 6.25. The first-order chi connectivity index (χ1) is 27.2. The summed E-state index contributed by atoms with van der Waals surface area (Å²) in [7, 11) is 3.36. The van der Waals surface area contributed by atoms with E-state index in [1.165, 1.54) is 0 Å². The lowest BCUT2D eigenvalue weighted by atomic mass is 9.96. The van der Waals surface area contributed by atoms with Crippen molar-refractivity contribution in [3.63, 3.8) is 0 Å². The Bertz CT molecular complexity index is 2880. The number of hydrogen-bond donors (Lipinski definition) is 0. The second-order valence-corrected chi connectivity index (χ2v) is 14.0. The van der Waals surface area contributed by atoms with E-state index in [-0.39, 0.29) is 0 Å². The molecule has 0 aliphatic rings. The SMILES string of the molecule is COc1cc(C)c(-c2ccc(-c3ccc(-c4cc5cc(-c6cccc(-c7cc8cc(-c9c(C)cc(OC)cc9C)oc8cn7)n6)ncc5o4)cn3)nc2)c(C)c1. The fourth-order valence-electron chi connectivity index (χ4n) is 7.47. The lowest BCUT2D eigenvalue weighted by Crippen LogP contribution is -1.93. The van der Waals surface area contributed by atoms with Crippen molar-refractivity contribution >= 4 is 21.9 Å².